The SMILES string of the molecule is CC(C)c1ccc2c(c1)N(C(C)C)CCC2.CC(C)c1ccc2c(c1)N(C(C)C)CCC2.CC(C)c1ccc2c(c1)N(C(C)C)CCO2.CC(C)c1ccc2cccc(C(C)C)c2c1.CC(C)c1ccc2cncc(C(C)C)c2c1.CC(C)c1ccc2nccc(C(C)C)c2c1.CC(C)c1ccn2c1CN(C(C)C)CC2.CC(C)c1cnc2cccc(C(C)C)c2c1.CC(C)c1ncn2c1CN(C(C)C)CC2. The average Bonchev–Trinajstić information content (AvgIpc) is 1.71. The van der Waals surface area contributed by atoms with E-state index in [0.717, 1.165) is 62.7 Å². The van der Waals surface area contributed by atoms with Crippen LogP contribution in [0.25, 0.3) is 43.4 Å². The van der Waals surface area contributed by atoms with Crippen LogP contribution < -0.4 is 19.4 Å². The Labute approximate surface area is 862 Å². The van der Waals surface area contributed by atoms with Crippen molar-refractivity contribution in [3.63, 3.8) is 0 Å². The standard InChI is InChI=1S/C16H20.2C15H19N.2C15H23N.C15H19N.C14H21NO.C13H22N2.C12H21N3/c1-11(2)14-9-8-13-6-5-7-15(12(3)4)16(13)10-14;1-10(2)12-5-6-13-8-16-9-15(11(3)4)14(13)7-12;1-10(2)12-5-6-15-14(9-12)13(11(3)4)7-8-16-15;2*1-11(2)14-8-7-13-6-5-9-16(12(3)4)15(13)10-14;1-10(2)12-8-14-13(11(3)4)6-5-7-15(14)16-9-12;1-10(2)12-5-6-14-13(9-12)15(11(3)4)7-8-16-14;1-10(2)12-5-6-14-7-8-15(11(3)4)9-13(12)14;1-9(2)12-11-7-14(10(3)4)5-6-15(11)8-13-12/h5-12H,1-4H3;2*5-11H,1-4H3;2*7-8,10-12H,5-6,9H2,1-4H3;5-11H,1-4H3;5-6,9-11H,7-8H2,1-4H3;5-6,10-11H,7-9H2,1-4H3;8-10H,5-7H2,1-4H3. The third-order valence-electron chi connectivity index (χ3n) is 29.5. The smallest absolute Gasteiger partial charge is 0.142 e. The lowest BCUT2D eigenvalue weighted by molar-refractivity contribution is 0.176. The lowest BCUT2D eigenvalue weighted by atomic mass is 9.92. The van der Waals surface area contributed by atoms with Gasteiger partial charge in [-0.15, -0.1) is 0 Å². The van der Waals surface area contributed by atoms with Crippen LogP contribution in [-0.2, 0) is 39.0 Å². The van der Waals surface area contributed by atoms with Crippen molar-refractivity contribution in [2.75, 3.05) is 54.0 Å². The van der Waals surface area contributed by atoms with Crippen LogP contribution in [0.1, 0.15) is 434 Å². The Morgan fingerprint density at radius 1 is 0.275 bits per heavy atom. The van der Waals surface area contributed by atoms with E-state index in [1.165, 1.54) is 190 Å². The van der Waals surface area contributed by atoms with Crippen LogP contribution in [0.15, 0.2) is 201 Å². The quantitative estimate of drug-likeness (QED) is 0.0828. The highest BCUT2D eigenvalue weighted by atomic mass is 16.5. The molecule has 0 amide bonds. The summed E-state index contributed by atoms with van der Waals surface area (Å²) in [6, 6.07) is 63.6. The molecular formula is C130H187N11O. The molecule has 12 heteroatoms. The van der Waals surface area contributed by atoms with E-state index in [4.69, 9.17) is 4.74 Å². The number of hydrogen-bond donors (Lipinski definition) is 0. The highest BCUT2D eigenvalue weighted by molar-refractivity contribution is 5.88. The summed E-state index contributed by atoms with van der Waals surface area (Å²) < 4.78 is 10.4. The molecule has 0 unspecified atom stereocenters. The molecule has 0 atom stereocenters. The first-order chi connectivity index (χ1) is 67.3. The molecule has 0 spiro atoms. The number of fused-ring (bicyclic) bond motifs is 9. The molecule has 0 fully saturated rings. The maximum Gasteiger partial charge on any atom is 0.142 e. The second-order valence-electron chi connectivity index (χ2n) is 46.1. The first kappa shape index (κ1) is 114. The van der Waals surface area contributed by atoms with Gasteiger partial charge in [-0.25, -0.2) is 4.98 Å². The monoisotopic (exact) mass is 1920 g/mol. The summed E-state index contributed by atoms with van der Waals surface area (Å²) in [5, 5.41) is 8.00. The molecule has 0 saturated heterocycles. The van der Waals surface area contributed by atoms with Gasteiger partial charge < -0.3 is 28.6 Å². The zero-order chi connectivity index (χ0) is 104. The molecular weight excluding hydrogens is 1730 g/mol. The van der Waals surface area contributed by atoms with Crippen LogP contribution in [0.2, 0.25) is 0 Å². The Balaban J connectivity index is 0.000000164. The number of rotatable bonds is 18. The molecule has 768 valence electrons. The second kappa shape index (κ2) is 53.1. The minimum atomic E-state index is 0.526. The fourth-order valence-corrected chi connectivity index (χ4v) is 20.0. The number of aryl methyl sites for hydroxylation is 2. The highest BCUT2D eigenvalue weighted by Crippen LogP contribution is 2.40. The lowest BCUT2D eigenvalue weighted by Gasteiger charge is -2.35. The number of pyridine rings is 3. The van der Waals surface area contributed by atoms with Gasteiger partial charge in [0.05, 0.1) is 41.0 Å². The minimum Gasteiger partial charge on any atom is -0.490 e. The van der Waals surface area contributed by atoms with E-state index in [-0.39, 0.29) is 0 Å². The molecule has 0 saturated carbocycles. The van der Waals surface area contributed by atoms with Crippen LogP contribution in [0, 0.1) is 0 Å². The van der Waals surface area contributed by atoms with Gasteiger partial charge in [-0.1, -0.05) is 283 Å². The van der Waals surface area contributed by atoms with E-state index in [0.29, 0.717) is 107 Å². The van der Waals surface area contributed by atoms with Crippen molar-refractivity contribution in [1.29, 1.82) is 0 Å². The van der Waals surface area contributed by atoms with E-state index in [1.54, 1.807) is 0 Å². The normalized spacial score (nSPS) is 14.2. The molecule has 8 aromatic carbocycles. The summed E-state index contributed by atoms with van der Waals surface area (Å²) in [4.78, 5) is 30.4. The summed E-state index contributed by atoms with van der Waals surface area (Å²) in [7, 11) is 0. The maximum absolute atomic E-state index is 5.70. The van der Waals surface area contributed by atoms with E-state index < -0.39 is 0 Å². The zero-order valence-corrected chi connectivity index (χ0v) is 95.2. The molecule has 12 nitrogen and oxygen atoms in total. The van der Waals surface area contributed by atoms with Crippen LogP contribution >= 0.6 is 0 Å². The Morgan fingerprint density at radius 3 is 1.17 bits per heavy atom. The molecule has 142 heavy (non-hydrogen) atoms. The van der Waals surface area contributed by atoms with Gasteiger partial charge >= 0.3 is 0 Å². The Hall–Kier alpha value is -10.1. The summed E-state index contributed by atoms with van der Waals surface area (Å²) in [5.74, 6) is 8.55. The largest absolute Gasteiger partial charge is 0.490 e. The minimum absolute atomic E-state index is 0.526. The molecule has 0 radical (unpaired) electrons. The first-order valence-electron chi connectivity index (χ1n) is 55.0. The number of aromatic nitrogens is 6. The Morgan fingerprint density at radius 2 is 0.683 bits per heavy atom. The van der Waals surface area contributed by atoms with Crippen molar-refractivity contribution in [3.05, 3.63) is 296 Å². The van der Waals surface area contributed by atoms with Gasteiger partial charge in [-0.05, 0) is 327 Å². The number of hydrogen-bond acceptors (Lipinski definition) is 10. The van der Waals surface area contributed by atoms with Gasteiger partial charge in [0.25, 0.3) is 0 Å². The number of nitrogens with zero attached hydrogens (tertiary/aromatic N) is 11. The molecule has 5 aliphatic rings. The second-order valence-corrected chi connectivity index (χ2v) is 46.1. The van der Waals surface area contributed by atoms with Crippen molar-refractivity contribution < 1.29 is 4.74 Å². The number of imidazole rings is 1. The van der Waals surface area contributed by atoms with E-state index in [2.05, 4.69) is 473 Å². The highest BCUT2D eigenvalue weighted by Gasteiger charge is 2.28. The lowest BCUT2D eigenvalue weighted by Crippen LogP contribution is -2.38. The molecule has 5 aliphatic heterocycles. The number of anilines is 3. The van der Waals surface area contributed by atoms with Gasteiger partial charge in [0.2, 0.25) is 0 Å². The van der Waals surface area contributed by atoms with Crippen molar-refractivity contribution in [3.8, 4) is 5.75 Å². The average molecular weight is 1920 g/mol. The predicted molar refractivity (Wildman–Crippen MR) is 619 cm³/mol. The molecule has 5 aromatic heterocycles. The Kier molecular flexibility index (Phi) is 42.6. The van der Waals surface area contributed by atoms with Gasteiger partial charge in [0, 0.05) is 147 Å². The summed E-state index contributed by atoms with van der Waals surface area (Å²) >= 11 is 0. The van der Waals surface area contributed by atoms with Crippen LogP contribution in [0.3, 0.4) is 0 Å². The summed E-state index contributed by atoms with van der Waals surface area (Å²) in [6.45, 7) is 92.0. The van der Waals surface area contributed by atoms with Crippen molar-refractivity contribution in [1.82, 2.24) is 38.9 Å². The van der Waals surface area contributed by atoms with Gasteiger partial charge in [0.1, 0.15) is 12.4 Å². The molecule has 13 aromatic rings. The van der Waals surface area contributed by atoms with Crippen LogP contribution in [-0.4, -0.2) is 108 Å². The van der Waals surface area contributed by atoms with E-state index >= 15 is 0 Å². The number of ether oxygens (including phenoxy) is 1. The number of benzene rings is 8. The van der Waals surface area contributed by atoms with Gasteiger partial charge in [-0.2, -0.15) is 0 Å². The fraction of sp³-hybridized carbons (Fsp3) is 0.523. The third-order valence-corrected chi connectivity index (χ3v) is 29.5. The summed E-state index contributed by atoms with van der Waals surface area (Å²) in [5.41, 5.74) is 30.7. The van der Waals surface area contributed by atoms with E-state index in [9.17, 15) is 0 Å². The van der Waals surface area contributed by atoms with Gasteiger partial charge in [-0.3, -0.25) is 24.8 Å². The van der Waals surface area contributed by atoms with Gasteiger partial charge in [0.15, 0.2) is 0 Å². The molecule has 18 rings (SSSR count). The van der Waals surface area contributed by atoms with Crippen LogP contribution in [0.5, 0.6) is 5.75 Å². The molecule has 0 N–H and O–H groups in total. The summed E-state index contributed by atoms with van der Waals surface area (Å²) in [6.07, 6.45) is 17.2. The fourth-order valence-electron chi connectivity index (χ4n) is 20.0. The third kappa shape index (κ3) is 30.3. The van der Waals surface area contributed by atoms with Crippen molar-refractivity contribution in [2.45, 2.75) is 408 Å². The molecule has 10 heterocycles. The topological polar surface area (TPSA) is 86.9 Å². The van der Waals surface area contributed by atoms with E-state index in [1.807, 2.05) is 31.1 Å². The zero-order valence-electron chi connectivity index (χ0n) is 95.2. The van der Waals surface area contributed by atoms with Crippen molar-refractivity contribution in [2.24, 2.45) is 0 Å². The molecule has 0 bridgehead atoms. The maximum atomic E-state index is 5.70. The predicted octanol–water partition coefficient (Wildman–Crippen LogP) is 35.0. The molecule has 0 aliphatic carbocycles. The van der Waals surface area contributed by atoms with Crippen LogP contribution in [0.4, 0.5) is 17.1 Å². The Bertz CT molecular complexity index is 5470. The van der Waals surface area contributed by atoms with Crippen molar-refractivity contribution >= 4 is 60.4 Å². The first-order valence-corrected chi connectivity index (χ1v) is 55.0.